The molecule has 1 aromatic heterocycles. The molecule has 0 radical (unpaired) electrons. The average molecular weight is 333 g/mol. The minimum atomic E-state index is -0.333. The first-order chi connectivity index (χ1) is 11.1. The summed E-state index contributed by atoms with van der Waals surface area (Å²) in [6.07, 6.45) is 3.63. The van der Waals surface area contributed by atoms with Gasteiger partial charge in [-0.3, -0.25) is 0 Å². The van der Waals surface area contributed by atoms with Gasteiger partial charge < -0.3 is 15.7 Å². The Labute approximate surface area is 140 Å². The largest absolute Gasteiger partial charge is 0.392 e. The van der Waals surface area contributed by atoms with Crippen molar-refractivity contribution in [3.8, 4) is 0 Å². The minimum absolute atomic E-state index is 0.205. The summed E-state index contributed by atoms with van der Waals surface area (Å²) in [4.78, 5) is 16.5. The van der Waals surface area contributed by atoms with Gasteiger partial charge in [0.05, 0.1) is 22.9 Å². The first-order valence-electron chi connectivity index (χ1n) is 8.11. The number of aliphatic hydroxyl groups excluding tert-OH is 1. The molecule has 2 atom stereocenters. The molecule has 6 heteroatoms. The van der Waals surface area contributed by atoms with E-state index in [0.29, 0.717) is 13.1 Å². The Morgan fingerprint density at radius 2 is 2.22 bits per heavy atom. The number of para-hydroxylation sites is 1. The van der Waals surface area contributed by atoms with E-state index < -0.39 is 0 Å². The van der Waals surface area contributed by atoms with Gasteiger partial charge in [-0.15, -0.1) is 11.3 Å². The van der Waals surface area contributed by atoms with Gasteiger partial charge in [0.1, 0.15) is 5.01 Å². The second kappa shape index (κ2) is 6.84. The lowest BCUT2D eigenvalue weighted by atomic mass is 9.73. The molecule has 0 aliphatic heterocycles. The van der Waals surface area contributed by atoms with E-state index in [1.807, 2.05) is 31.2 Å². The number of carbonyl (C=O) groups is 1. The summed E-state index contributed by atoms with van der Waals surface area (Å²) in [5, 5.41) is 16.8. The Balaban J connectivity index is 1.49. The third-order valence-corrected chi connectivity index (χ3v) is 5.71. The van der Waals surface area contributed by atoms with E-state index >= 15 is 0 Å². The highest BCUT2D eigenvalue weighted by Crippen LogP contribution is 2.35. The first kappa shape index (κ1) is 16.2. The van der Waals surface area contributed by atoms with Gasteiger partial charge in [0.15, 0.2) is 0 Å². The van der Waals surface area contributed by atoms with Crippen LogP contribution in [0.25, 0.3) is 10.2 Å². The number of aromatic nitrogens is 1. The molecular formula is C17H23N3O2S. The number of nitrogens with one attached hydrogen (secondary N) is 2. The predicted octanol–water partition coefficient (Wildman–Crippen LogP) is 3.04. The third kappa shape index (κ3) is 3.82. The summed E-state index contributed by atoms with van der Waals surface area (Å²) in [7, 11) is 0. The van der Waals surface area contributed by atoms with Crippen molar-refractivity contribution in [3.05, 3.63) is 29.3 Å². The SMILES string of the molecule is CC1(CNC(=O)NCc2nc3ccccc3s2)CCCCC1O. The van der Waals surface area contributed by atoms with Gasteiger partial charge in [0, 0.05) is 12.0 Å². The van der Waals surface area contributed by atoms with Crippen molar-refractivity contribution in [1.29, 1.82) is 0 Å². The van der Waals surface area contributed by atoms with Crippen molar-refractivity contribution in [2.75, 3.05) is 6.54 Å². The molecule has 2 unspecified atom stereocenters. The second-order valence-corrected chi connectivity index (χ2v) is 7.64. The number of rotatable bonds is 4. The van der Waals surface area contributed by atoms with Crippen LogP contribution in [0.3, 0.4) is 0 Å². The molecular weight excluding hydrogens is 310 g/mol. The molecule has 3 rings (SSSR count). The molecule has 0 spiro atoms. The van der Waals surface area contributed by atoms with Crippen LogP contribution in [0.4, 0.5) is 4.79 Å². The monoisotopic (exact) mass is 333 g/mol. The van der Waals surface area contributed by atoms with Gasteiger partial charge >= 0.3 is 6.03 Å². The quantitative estimate of drug-likeness (QED) is 0.805. The van der Waals surface area contributed by atoms with Crippen LogP contribution in [0.15, 0.2) is 24.3 Å². The lowest BCUT2D eigenvalue weighted by Crippen LogP contribution is -2.47. The van der Waals surface area contributed by atoms with Gasteiger partial charge in [-0.2, -0.15) is 0 Å². The second-order valence-electron chi connectivity index (χ2n) is 6.53. The molecule has 5 nitrogen and oxygen atoms in total. The van der Waals surface area contributed by atoms with Crippen molar-refractivity contribution in [2.24, 2.45) is 5.41 Å². The standard InChI is InChI=1S/C17H23N3O2S/c1-17(9-5-4-8-14(17)21)11-19-16(22)18-10-15-20-12-6-2-3-7-13(12)23-15/h2-3,6-7,14,21H,4-5,8-11H2,1H3,(H2,18,19,22). The van der Waals surface area contributed by atoms with Crippen LogP contribution in [0.2, 0.25) is 0 Å². The minimum Gasteiger partial charge on any atom is -0.392 e. The fourth-order valence-electron chi connectivity index (χ4n) is 3.08. The molecule has 1 aliphatic rings. The smallest absolute Gasteiger partial charge is 0.315 e. The van der Waals surface area contributed by atoms with E-state index in [1.165, 1.54) is 0 Å². The predicted molar refractivity (Wildman–Crippen MR) is 92.4 cm³/mol. The molecule has 1 fully saturated rings. The molecule has 0 bridgehead atoms. The highest BCUT2D eigenvalue weighted by molar-refractivity contribution is 7.18. The molecule has 1 heterocycles. The van der Waals surface area contributed by atoms with E-state index in [2.05, 4.69) is 15.6 Å². The molecule has 124 valence electrons. The van der Waals surface area contributed by atoms with Crippen LogP contribution in [-0.2, 0) is 6.54 Å². The number of nitrogens with zero attached hydrogens (tertiary/aromatic N) is 1. The molecule has 0 saturated heterocycles. The molecule has 2 amide bonds. The van der Waals surface area contributed by atoms with Gasteiger partial charge in [-0.25, -0.2) is 9.78 Å². The van der Waals surface area contributed by atoms with Crippen molar-refractivity contribution >= 4 is 27.6 Å². The van der Waals surface area contributed by atoms with Crippen LogP contribution in [-0.4, -0.2) is 28.8 Å². The zero-order valence-corrected chi connectivity index (χ0v) is 14.2. The number of hydrogen-bond acceptors (Lipinski definition) is 4. The maximum atomic E-state index is 12.0. The Bertz CT molecular complexity index is 654. The van der Waals surface area contributed by atoms with Crippen LogP contribution < -0.4 is 10.6 Å². The number of fused-ring (bicyclic) bond motifs is 1. The lowest BCUT2D eigenvalue weighted by Gasteiger charge is -2.38. The van der Waals surface area contributed by atoms with E-state index in [0.717, 1.165) is 40.9 Å². The van der Waals surface area contributed by atoms with E-state index in [9.17, 15) is 9.90 Å². The van der Waals surface area contributed by atoms with Crippen LogP contribution >= 0.6 is 11.3 Å². The highest BCUT2D eigenvalue weighted by atomic mass is 32.1. The molecule has 3 N–H and O–H groups in total. The Morgan fingerprint density at radius 3 is 3.00 bits per heavy atom. The van der Waals surface area contributed by atoms with Crippen molar-refractivity contribution in [2.45, 2.75) is 45.3 Å². The average Bonchev–Trinajstić information content (AvgIpc) is 2.97. The Kier molecular flexibility index (Phi) is 4.82. The molecule has 23 heavy (non-hydrogen) atoms. The summed E-state index contributed by atoms with van der Waals surface area (Å²) in [6, 6.07) is 7.74. The fraction of sp³-hybridized carbons (Fsp3) is 0.529. The van der Waals surface area contributed by atoms with E-state index in [4.69, 9.17) is 0 Å². The Morgan fingerprint density at radius 1 is 1.39 bits per heavy atom. The summed E-state index contributed by atoms with van der Waals surface area (Å²) >= 11 is 1.59. The number of urea groups is 1. The number of hydrogen-bond donors (Lipinski definition) is 3. The Hall–Kier alpha value is -1.66. The van der Waals surface area contributed by atoms with Crippen molar-refractivity contribution in [1.82, 2.24) is 15.6 Å². The molecule has 1 aliphatic carbocycles. The summed E-state index contributed by atoms with van der Waals surface area (Å²) in [5.74, 6) is 0. The van der Waals surface area contributed by atoms with Crippen LogP contribution in [0.1, 0.15) is 37.6 Å². The van der Waals surface area contributed by atoms with Gasteiger partial charge in [0.2, 0.25) is 0 Å². The summed E-state index contributed by atoms with van der Waals surface area (Å²) < 4.78 is 1.13. The van der Waals surface area contributed by atoms with Gasteiger partial charge in [-0.1, -0.05) is 31.9 Å². The van der Waals surface area contributed by atoms with Crippen LogP contribution in [0.5, 0.6) is 0 Å². The van der Waals surface area contributed by atoms with Gasteiger partial charge in [0.25, 0.3) is 0 Å². The normalized spacial score (nSPS) is 24.5. The maximum Gasteiger partial charge on any atom is 0.315 e. The number of amides is 2. The van der Waals surface area contributed by atoms with Gasteiger partial charge in [-0.05, 0) is 25.0 Å². The third-order valence-electron chi connectivity index (χ3n) is 4.67. The number of thiazole rings is 1. The van der Waals surface area contributed by atoms with Crippen LogP contribution in [0, 0.1) is 5.41 Å². The highest BCUT2D eigenvalue weighted by Gasteiger charge is 2.35. The number of aliphatic hydroxyl groups is 1. The van der Waals surface area contributed by atoms with E-state index in [-0.39, 0.29) is 17.6 Å². The first-order valence-corrected chi connectivity index (χ1v) is 8.93. The molecule has 1 aromatic carbocycles. The molecule has 1 saturated carbocycles. The topological polar surface area (TPSA) is 74.2 Å². The maximum absolute atomic E-state index is 12.0. The number of carbonyl (C=O) groups excluding carboxylic acids is 1. The zero-order valence-electron chi connectivity index (χ0n) is 13.3. The number of benzene rings is 1. The van der Waals surface area contributed by atoms with Crippen molar-refractivity contribution < 1.29 is 9.90 Å². The fourth-order valence-corrected chi connectivity index (χ4v) is 3.99. The summed E-state index contributed by atoms with van der Waals surface area (Å²) in [5.41, 5.74) is 0.749. The van der Waals surface area contributed by atoms with E-state index in [1.54, 1.807) is 11.3 Å². The lowest BCUT2D eigenvalue weighted by molar-refractivity contribution is 0.00309. The van der Waals surface area contributed by atoms with Crippen molar-refractivity contribution in [3.63, 3.8) is 0 Å². The zero-order chi connectivity index (χ0) is 16.3. The summed E-state index contributed by atoms with van der Waals surface area (Å²) in [6.45, 7) is 2.97. The molecule has 2 aromatic rings.